The van der Waals surface area contributed by atoms with Gasteiger partial charge in [-0.15, -0.1) is 0 Å². The van der Waals surface area contributed by atoms with Crippen molar-refractivity contribution >= 4 is 11.2 Å². The van der Waals surface area contributed by atoms with Gasteiger partial charge >= 0.3 is 11.4 Å². The molecule has 2 aromatic rings. The Kier molecular flexibility index (Phi) is 3.06. The smallest absolute Gasteiger partial charge is 0.330 e. The summed E-state index contributed by atoms with van der Waals surface area (Å²) in [7, 11) is 0. The van der Waals surface area contributed by atoms with Gasteiger partial charge in [-0.05, 0) is 0 Å². The third-order valence-corrected chi connectivity index (χ3v) is 3.39. The van der Waals surface area contributed by atoms with Crippen molar-refractivity contribution in [3.05, 3.63) is 31.3 Å². The Labute approximate surface area is 114 Å². The molecule has 6 N–H and O–H groups in total. The number of hydrogen-bond donors (Lipinski definition) is 6. The van der Waals surface area contributed by atoms with Crippen LogP contribution in [0.5, 0.6) is 0 Å². The highest BCUT2D eigenvalue weighted by molar-refractivity contribution is 5.68. The molecule has 2 aromatic heterocycles. The summed E-state index contributed by atoms with van der Waals surface area (Å²) in [5, 5.41) is 28.7. The molecule has 0 amide bonds. The van der Waals surface area contributed by atoms with Gasteiger partial charge in [-0.2, -0.15) is 0 Å². The van der Waals surface area contributed by atoms with Crippen molar-refractivity contribution < 1.29 is 20.1 Å². The van der Waals surface area contributed by atoms with Gasteiger partial charge in [0.2, 0.25) is 0 Å². The van der Waals surface area contributed by atoms with Crippen molar-refractivity contribution in [3.63, 3.8) is 0 Å². The fourth-order valence-corrected chi connectivity index (χ4v) is 2.38. The zero-order valence-electron chi connectivity index (χ0n) is 10.4. The van der Waals surface area contributed by atoms with E-state index in [4.69, 9.17) is 9.84 Å². The van der Waals surface area contributed by atoms with Crippen molar-refractivity contribution in [1.82, 2.24) is 19.5 Å². The van der Waals surface area contributed by atoms with Crippen LogP contribution >= 0.6 is 0 Å². The summed E-state index contributed by atoms with van der Waals surface area (Å²) >= 11 is 0. The van der Waals surface area contributed by atoms with E-state index >= 15 is 0 Å². The topological polar surface area (TPSA) is 173 Å². The lowest BCUT2D eigenvalue weighted by atomic mass is 10.1. The first kappa shape index (κ1) is 13.8. The lowest BCUT2D eigenvalue weighted by molar-refractivity contribution is -0.0525. The quantitative estimate of drug-likeness (QED) is 0.331. The Morgan fingerprint density at radius 3 is 2.43 bits per heavy atom. The summed E-state index contributed by atoms with van der Waals surface area (Å²) in [4.78, 5) is 41.3. The van der Waals surface area contributed by atoms with Gasteiger partial charge in [0.05, 0.1) is 6.61 Å². The average molecular weight is 300 g/mol. The van der Waals surface area contributed by atoms with Crippen molar-refractivity contribution in [2.24, 2.45) is 0 Å². The van der Waals surface area contributed by atoms with Crippen molar-refractivity contribution in [2.45, 2.75) is 24.5 Å². The second kappa shape index (κ2) is 4.66. The van der Waals surface area contributed by atoms with Crippen LogP contribution in [0.3, 0.4) is 0 Å². The first-order valence-electron chi connectivity index (χ1n) is 6.03. The normalized spacial score (nSPS) is 29.3. The standard InChI is InChI=1S/C10H12N4O7/c15-1-2-4(16)5(17)8(21-2)14-6-3(11-10(14)20)7(18)13-9(19)12-6/h2,4-5,8,15-17H,1H2,(H,11,20)(H2,12,13,18,19)/t2-,4-,5-,8?/m1/s1. The first-order chi connectivity index (χ1) is 9.93. The number of aliphatic hydroxyl groups is 3. The van der Waals surface area contributed by atoms with Gasteiger partial charge in [-0.3, -0.25) is 19.7 Å². The van der Waals surface area contributed by atoms with Gasteiger partial charge in [0.1, 0.15) is 18.3 Å². The molecular formula is C10H12N4O7. The second-order valence-electron chi connectivity index (χ2n) is 4.66. The monoisotopic (exact) mass is 300 g/mol. The van der Waals surface area contributed by atoms with Crippen LogP contribution < -0.4 is 16.9 Å². The van der Waals surface area contributed by atoms with Crippen LogP contribution in [0.4, 0.5) is 0 Å². The molecule has 0 aromatic carbocycles. The largest absolute Gasteiger partial charge is 0.394 e. The molecule has 1 aliphatic rings. The summed E-state index contributed by atoms with van der Waals surface area (Å²) in [6, 6.07) is 0. The molecule has 114 valence electrons. The number of H-pyrrole nitrogens is 3. The van der Waals surface area contributed by atoms with E-state index in [0.717, 1.165) is 4.57 Å². The Balaban J connectivity index is 2.22. The van der Waals surface area contributed by atoms with Crippen molar-refractivity contribution in [1.29, 1.82) is 0 Å². The Morgan fingerprint density at radius 1 is 1.10 bits per heavy atom. The number of ether oxygens (including phenoxy) is 1. The van der Waals surface area contributed by atoms with Crippen molar-refractivity contribution in [3.8, 4) is 0 Å². The number of imidazole rings is 1. The van der Waals surface area contributed by atoms with Gasteiger partial charge in [-0.1, -0.05) is 0 Å². The molecule has 0 bridgehead atoms. The van der Waals surface area contributed by atoms with Crippen LogP contribution in [-0.4, -0.2) is 59.8 Å². The van der Waals surface area contributed by atoms with Crippen LogP contribution in [-0.2, 0) is 4.74 Å². The maximum atomic E-state index is 11.9. The zero-order chi connectivity index (χ0) is 15.3. The fraction of sp³-hybridized carbons (Fsp3) is 0.500. The Morgan fingerprint density at radius 2 is 1.81 bits per heavy atom. The first-order valence-corrected chi connectivity index (χ1v) is 6.03. The molecule has 21 heavy (non-hydrogen) atoms. The molecule has 1 fully saturated rings. The maximum absolute atomic E-state index is 11.9. The second-order valence-corrected chi connectivity index (χ2v) is 4.66. The SMILES string of the molecule is O=c1[nH]c(=O)c2[nH]c(=O)n(C3O[C@H](CO)[C@@H](O)[C@H]3O)c2[nH]1. The molecule has 0 saturated carbocycles. The maximum Gasteiger partial charge on any atom is 0.330 e. The highest BCUT2D eigenvalue weighted by Crippen LogP contribution is 2.29. The molecule has 1 aliphatic heterocycles. The summed E-state index contributed by atoms with van der Waals surface area (Å²) in [5.41, 5.74) is -2.84. The van der Waals surface area contributed by atoms with Crippen molar-refractivity contribution in [2.75, 3.05) is 6.61 Å². The van der Waals surface area contributed by atoms with E-state index in [2.05, 4.69) is 9.97 Å². The Hall–Kier alpha value is -2.21. The molecule has 4 atom stereocenters. The number of hydrogen-bond acceptors (Lipinski definition) is 7. The number of aromatic nitrogens is 4. The number of aliphatic hydroxyl groups excluding tert-OH is 3. The third kappa shape index (κ3) is 1.94. The number of nitrogens with one attached hydrogen (secondary N) is 3. The summed E-state index contributed by atoms with van der Waals surface area (Å²) < 4.78 is 6.02. The van der Waals surface area contributed by atoms with E-state index in [1.807, 2.05) is 4.98 Å². The summed E-state index contributed by atoms with van der Waals surface area (Å²) in [5.74, 6) is 0. The Bertz CT molecular complexity index is 845. The summed E-state index contributed by atoms with van der Waals surface area (Å²) in [6.45, 7) is -0.567. The predicted octanol–water partition coefficient (Wildman–Crippen LogP) is -3.68. The van der Waals surface area contributed by atoms with Crippen LogP contribution in [0.15, 0.2) is 14.4 Å². The number of aromatic amines is 3. The highest BCUT2D eigenvalue weighted by atomic mass is 16.6. The van der Waals surface area contributed by atoms with Gasteiger partial charge in [0.25, 0.3) is 5.56 Å². The molecule has 1 saturated heterocycles. The van der Waals surface area contributed by atoms with Gasteiger partial charge in [0, 0.05) is 0 Å². The van der Waals surface area contributed by atoms with Gasteiger partial charge in [0.15, 0.2) is 17.4 Å². The predicted molar refractivity (Wildman–Crippen MR) is 66.8 cm³/mol. The number of nitrogens with zero attached hydrogens (tertiary/aromatic N) is 1. The minimum Gasteiger partial charge on any atom is -0.394 e. The van der Waals surface area contributed by atoms with E-state index in [1.54, 1.807) is 0 Å². The van der Waals surface area contributed by atoms with Crippen LogP contribution in [0.1, 0.15) is 6.23 Å². The average Bonchev–Trinajstić information content (AvgIpc) is 2.89. The lowest BCUT2D eigenvalue weighted by Crippen LogP contribution is -2.35. The van der Waals surface area contributed by atoms with E-state index in [9.17, 15) is 24.6 Å². The molecule has 11 heteroatoms. The van der Waals surface area contributed by atoms with E-state index < -0.39 is 48.1 Å². The molecule has 0 aliphatic carbocycles. The van der Waals surface area contributed by atoms with E-state index in [-0.39, 0.29) is 11.2 Å². The number of rotatable bonds is 2. The minimum absolute atomic E-state index is 0.177. The molecule has 3 heterocycles. The molecule has 11 nitrogen and oxygen atoms in total. The fourth-order valence-electron chi connectivity index (χ4n) is 2.38. The van der Waals surface area contributed by atoms with Crippen LogP contribution in [0.25, 0.3) is 11.2 Å². The van der Waals surface area contributed by atoms with Crippen LogP contribution in [0, 0.1) is 0 Å². The van der Waals surface area contributed by atoms with Crippen LogP contribution in [0.2, 0.25) is 0 Å². The molecule has 3 rings (SSSR count). The lowest BCUT2D eigenvalue weighted by Gasteiger charge is -2.15. The zero-order valence-corrected chi connectivity index (χ0v) is 10.4. The molecule has 0 spiro atoms. The minimum atomic E-state index is -1.51. The summed E-state index contributed by atoms with van der Waals surface area (Å²) in [6.07, 6.45) is -5.36. The number of fused-ring (bicyclic) bond motifs is 1. The third-order valence-electron chi connectivity index (χ3n) is 3.39. The molecule has 0 radical (unpaired) electrons. The van der Waals surface area contributed by atoms with E-state index in [0.29, 0.717) is 0 Å². The molecular weight excluding hydrogens is 288 g/mol. The van der Waals surface area contributed by atoms with Gasteiger partial charge < -0.3 is 20.1 Å². The molecule has 1 unspecified atom stereocenters. The van der Waals surface area contributed by atoms with Gasteiger partial charge in [-0.25, -0.2) is 14.2 Å². The highest BCUT2D eigenvalue weighted by Gasteiger charge is 2.44. The van der Waals surface area contributed by atoms with E-state index in [1.165, 1.54) is 0 Å².